The second-order valence-electron chi connectivity index (χ2n) is 3.81. The Hall–Kier alpha value is -1.46. The van der Waals surface area contributed by atoms with E-state index in [1.54, 1.807) is 13.8 Å². The molecule has 0 N–H and O–H groups in total. The van der Waals surface area contributed by atoms with Crippen molar-refractivity contribution in [3.05, 3.63) is 10.1 Å². The van der Waals surface area contributed by atoms with E-state index in [4.69, 9.17) is 4.74 Å². The molecular weight excluding hydrogens is 214 g/mol. The van der Waals surface area contributed by atoms with Gasteiger partial charge in [0.1, 0.15) is 11.2 Å². The minimum Gasteiger partial charge on any atom is -0.466 e. The molecule has 0 heterocycles. The number of carbonyl (C=O) groups excluding carboxylic acids is 2. The highest BCUT2D eigenvalue weighted by molar-refractivity contribution is 5.88. The molecule has 6 heteroatoms. The molecule has 0 aliphatic carbocycles. The minimum atomic E-state index is -1.26. The second kappa shape index (κ2) is 6.19. The molecule has 0 aromatic rings. The van der Waals surface area contributed by atoms with E-state index in [0.29, 0.717) is 0 Å². The van der Waals surface area contributed by atoms with Gasteiger partial charge in [-0.2, -0.15) is 0 Å². The Kier molecular flexibility index (Phi) is 5.63. The fraction of sp³-hybridized carbons (Fsp3) is 0.800. The molecule has 0 saturated heterocycles. The summed E-state index contributed by atoms with van der Waals surface area (Å²) in [6, 6.07) is 0. The Bertz CT molecular complexity index is 289. The van der Waals surface area contributed by atoms with E-state index < -0.39 is 22.9 Å². The zero-order valence-corrected chi connectivity index (χ0v) is 9.82. The average Bonchev–Trinajstić information content (AvgIpc) is 2.15. The van der Waals surface area contributed by atoms with Crippen LogP contribution in [-0.4, -0.2) is 29.8 Å². The van der Waals surface area contributed by atoms with Gasteiger partial charge in [-0.25, -0.2) is 0 Å². The van der Waals surface area contributed by atoms with Crippen LogP contribution in [0.1, 0.15) is 33.6 Å². The van der Waals surface area contributed by atoms with E-state index in [2.05, 4.69) is 0 Å². The minimum absolute atomic E-state index is 0.170. The van der Waals surface area contributed by atoms with Crippen molar-refractivity contribution in [1.82, 2.24) is 0 Å². The highest BCUT2D eigenvalue weighted by atomic mass is 16.6. The van der Waals surface area contributed by atoms with Gasteiger partial charge in [0.25, 0.3) is 0 Å². The van der Waals surface area contributed by atoms with Crippen LogP contribution in [-0.2, 0) is 14.3 Å². The van der Waals surface area contributed by atoms with Crippen molar-refractivity contribution in [2.75, 3.05) is 13.2 Å². The molecule has 0 spiro atoms. The van der Waals surface area contributed by atoms with E-state index in [-0.39, 0.29) is 25.2 Å². The first-order chi connectivity index (χ1) is 7.35. The van der Waals surface area contributed by atoms with E-state index in [9.17, 15) is 19.7 Å². The molecule has 0 aliphatic heterocycles. The van der Waals surface area contributed by atoms with Gasteiger partial charge < -0.3 is 4.74 Å². The van der Waals surface area contributed by atoms with Gasteiger partial charge in [0.05, 0.1) is 13.0 Å². The summed E-state index contributed by atoms with van der Waals surface area (Å²) in [7, 11) is 0. The fourth-order valence-corrected chi connectivity index (χ4v) is 1.48. The zero-order chi connectivity index (χ0) is 12.8. The molecule has 16 heavy (non-hydrogen) atoms. The molecule has 1 atom stereocenters. The number of nitrogens with zero attached hydrogens (tertiary/aromatic N) is 1. The maximum atomic E-state index is 11.6. The molecular formula is C10H17NO5. The van der Waals surface area contributed by atoms with Crippen LogP contribution in [0, 0.1) is 15.5 Å². The van der Waals surface area contributed by atoms with Gasteiger partial charge in [-0.05, 0) is 13.8 Å². The molecule has 0 aromatic heterocycles. The van der Waals surface area contributed by atoms with Crippen LogP contribution in [0.4, 0.5) is 0 Å². The SMILES string of the molecule is CCOC(=O)CC(C)(C[N+](=O)[O-])C(=O)CC. The predicted octanol–water partition coefficient (Wildman–Crippen LogP) is 1.20. The standard InChI is InChI=1S/C10H17NO5/c1-4-8(12)10(3,7-11(14)15)6-9(13)16-5-2/h4-7H2,1-3H3. The Morgan fingerprint density at radius 1 is 1.38 bits per heavy atom. The lowest BCUT2D eigenvalue weighted by Gasteiger charge is -2.21. The highest BCUT2D eigenvalue weighted by Crippen LogP contribution is 2.25. The molecule has 0 aromatic carbocycles. The first kappa shape index (κ1) is 14.5. The largest absolute Gasteiger partial charge is 0.466 e. The van der Waals surface area contributed by atoms with Gasteiger partial charge >= 0.3 is 5.97 Å². The molecule has 0 fully saturated rings. The van der Waals surface area contributed by atoms with E-state index >= 15 is 0 Å². The third-order valence-electron chi connectivity index (χ3n) is 2.31. The Morgan fingerprint density at radius 2 is 1.94 bits per heavy atom. The molecule has 0 aliphatic rings. The average molecular weight is 231 g/mol. The summed E-state index contributed by atoms with van der Waals surface area (Å²) in [5.74, 6) is -0.870. The van der Waals surface area contributed by atoms with Gasteiger partial charge in [0, 0.05) is 11.3 Å². The zero-order valence-electron chi connectivity index (χ0n) is 9.82. The highest BCUT2D eigenvalue weighted by Gasteiger charge is 2.39. The van der Waals surface area contributed by atoms with Crippen molar-refractivity contribution in [3.63, 3.8) is 0 Å². The van der Waals surface area contributed by atoms with Crippen LogP contribution < -0.4 is 0 Å². The summed E-state index contributed by atoms with van der Waals surface area (Å²) >= 11 is 0. The number of esters is 1. The van der Waals surface area contributed by atoms with Gasteiger partial charge in [-0.15, -0.1) is 0 Å². The smallest absolute Gasteiger partial charge is 0.307 e. The first-order valence-electron chi connectivity index (χ1n) is 5.16. The van der Waals surface area contributed by atoms with Crippen molar-refractivity contribution in [3.8, 4) is 0 Å². The molecule has 6 nitrogen and oxygen atoms in total. The maximum absolute atomic E-state index is 11.6. The van der Waals surface area contributed by atoms with E-state index in [1.807, 2.05) is 0 Å². The number of carbonyl (C=O) groups is 2. The molecule has 0 rings (SSSR count). The van der Waals surface area contributed by atoms with Crippen LogP contribution in [0.2, 0.25) is 0 Å². The number of ketones is 1. The lowest BCUT2D eigenvalue weighted by molar-refractivity contribution is -0.493. The Labute approximate surface area is 94.1 Å². The topological polar surface area (TPSA) is 86.5 Å². The number of ether oxygens (including phenoxy) is 1. The van der Waals surface area contributed by atoms with Crippen molar-refractivity contribution in [2.45, 2.75) is 33.6 Å². The lowest BCUT2D eigenvalue weighted by atomic mass is 9.81. The van der Waals surface area contributed by atoms with Gasteiger partial charge in [-0.1, -0.05) is 6.92 Å². The fourth-order valence-electron chi connectivity index (χ4n) is 1.48. The number of hydrogen-bond donors (Lipinski definition) is 0. The number of nitro groups is 1. The Balaban J connectivity index is 4.72. The lowest BCUT2D eigenvalue weighted by Crippen LogP contribution is -2.37. The van der Waals surface area contributed by atoms with Gasteiger partial charge in [-0.3, -0.25) is 19.7 Å². The summed E-state index contributed by atoms with van der Waals surface area (Å²) < 4.78 is 4.70. The third-order valence-corrected chi connectivity index (χ3v) is 2.31. The number of hydrogen-bond acceptors (Lipinski definition) is 5. The molecule has 92 valence electrons. The number of Topliss-reactive ketones (excluding diaryl/α,β-unsaturated/α-hetero) is 1. The monoisotopic (exact) mass is 231 g/mol. The van der Waals surface area contributed by atoms with Crippen molar-refractivity contribution >= 4 is 11.8 Å². The maximum Gasteiger partial charge on any atom is 0.307 e. The van der Waals surface area contributed by atoms with Crippen molar-refractivity contribution < 1.29 is 19.2 Å². The van der Waals surface area contributed by atoms with Crippen molar-refractivity contribution in [1.29, 1.82) is 0 Å². The summed E-state index contributed by atoms with van der Waals surface area (Å²) in [5, 5.41) is 10.5. The molecule has 0 radical (unpaired) electrons. The normalized spacial score (nSPS) is 13.9. The quantitative estimate of drug-likeness (QED) is 0.373. The molecule has 0 bridgehead atoms. The third kappa shape index (κ3) is 4.37. The van der Waals surface area contributed by atoms with Crippen LogP contribution in [0.3, 0.4) is 0 Å². The molecule has 1 unspecified atom stereocenters. The van der Waals surface area contributed by atoms with E-state index in [0.717, 1.165) is 0 Å². The predicted molar refractivity (Wildman–Crippen MR) is 56.5 cm³/mol. The summed E-state index contributed by atoms with van der Waals surface area (Å²) in [6.45, 7) is 4.35. The summed E-state index contributed by atoms with van der Waals surface area (Å²) in [5.41, 5.74) is -1.26. The van der Waals surface area contributed by atoms with E-state index in [1.165, 1.54) is 6.92 Å². The van der Waals surface area contributed by atoms with Gasteiger partial charge in [0.15, 0.2) is 0 Å². The van der Waals surface area contributed by atoms with Crippen LogP contribution in [0.5, 0.6) is 0 Å². The van der Waals surface area contributed by atoms with Crippen LogP contribution >= 0.6 is 0 Å². The Morgan fingerprint density at radius 3 is 2.31 bits per heavy atom. The van der Waals surface area contributed by atoms with Crippen LogP contribution in [0.15, 0.2) is 0 Å². The second-order valence-corrected chi connectivity index (χ2v) is 3.81. The molecule has 0 amide bonds. The molecule has 0 saturated carbocycles. The summed E-state index contributed by atoms with van der Waals surface area (Å²) in [4.78, 5) is 32.8. The first-order valence-corrected chi connectivity index (χ1v) is 5.16. The number of rotatable bonds is 7. The van der Waals surface area contributed by atoms with Crippen LogP contribution in [0.25, 0.3) is 0 Å². The van der Waals surface area contributed by atoms with Gasteiger partial charge in [0.2, 0.25) is 6.54 Å². The van der Waals surface area contributed by atoms with Crippen molar-refractivity contribution in [2.24, 2.45) is 5.41 Å². The summed E-state index contributed by atoms with van der Waals surface area (Å²) in [6.07, 6.45) is -0.0712.